The van der Waals surface area contributed by atoms with Gasteiger partial charge in [-0.05, 0) is 37.6 Å². The maximum atomic E-state index is 12.6. The van der Waals surface area contributed by atoms with Crippen molar-refractivity contribution in [2.24, 2.45) is 0 Å². The molecule has 24 heavy (non-hydrogen) atoms. The minimum Gasteiger partial charge on any atom is -0.483 e. The molecule has 1 aromatic carbocycles. The lowest BCUT2D eigenvalue weighted by molar-refractivity contribution is -0.137. The number of nitrogens with zero attached hydrogens (tertiary/aromatic N) is 1. The number of ether oxygens (including phenoxy) is 1. The summed E-state index contributed by atoms with van der Waals surface area (Å²) >= 11 is 5.90. The molecule has 0 aliphatic heterocycles. The third-order valence-corrected chi connectivity index (χ3v) is 3.75. The van der Waals surface area contributed by atoms with Crippen LogP contribution in [-0.2, 0) is 17.4 Å². The largest absolute Gasteiger partial charge is 0.483 e. The molecule has 0 bridgehead atoms. The molecule has 0 aliphatic carbocycles. The standard InChI is InChI=1S/C17H15ClF3NO2/c1-10(23)11(2)24-14-5-3-12(4-6-14)7-16-15(18)8-13(9-22-16)17(19,20)21/h3-6,8-9,11H,7H2,1-2H3. The zero-order valence-corrected chi connectivity index (χ0v) is 13.8. The van der Waals surface area contributed by atoms with Crippen molar-refractivity contribution >= 4 is 17.4 Å². The lowest BCUT2D eigenvalue weighted by Crippen LogP contribution is -2.20. The maximum Gasteiger partial charge on any atom is 0.417 e. The number of carbonyl (C=O) groups is 1. The SMILES string of the molecule is CC(=O)C(C)Oc1ccc(Cc2ncc(C(F)(F)F)cc2Cl)cc1. The topological polar surface area (TPSA) is 39.2 Å². The van der Waals surface area contributed by atoms with E-state index in [1.165, 1.54) is 6.92 Å². The summed E-state index contributed by atoms with van der Waals surface area (Å²) < 4.78 is 43.2. The zero-order valence-electron chi connectivity index (χ0n) is 13.0. The van der Waals surface area contributed by atoms with E-state index < -0.39 is 17.8 Å². The number of hydrogen-bond acceptors (Lipinski definition) is 3. The molecule has 0 aliphatic rings. The summed E-state index contributed by atoms with van der Waals surface area (Å²) in [4.78, 5) is 15.0. The molecule has 1 heterocycles. The summed E-state index contributed by atoms with van der Waals surface area (Å²) in [5, 5.41) is -0.0321. The quantitative estimate of drug-likeness (QED) is 0.778. The highest BCUT2D eigenvalue weighted by Gasteiger charge is 2.31. The molecule has 2 rings (SSSR count). The van der Waals surface area contributed by atoms with Crippen LogP contribution in [0.3, 0.4) is 0 Å². The number of alkyl halides is 3. The molecule has 0 saturated heterocycles. The second-order valence-electron chi connectivity index (χ2n) is 5.34. The summed E-state index contributed by atoms with van der Waals surface area (Å²) in [6.45, 7) is 3.10. The van der Waals surface area contributed by atoms with Crippen LogP contribution >= 0.6 is 11.6 Å². The Balaban J connectivity index is 2.10. The van der Waals surface area contributed by atoms with Gasteiger partial charge in [-0.25, -0.2) is 0 Å². The average Bonchev–Trinajstić information content (AvgIpc) is 2.50. The fourth-order valence-corrected chi connectivity index (χ4v) is 2.15. The van der Waals surface area contributed by atoms with Gasteiger partial charge in [0.25, 0.3) is 0 Å². The van der Waals surface area contributed by atoms with E-state index in [0.29, 0.717) is 17.9 Å². The van der Waals surface area contributed by atoms with Gasteiger partial charge in [-0.3, -0.25) is 9.78 Å². The first-order valence-electron chi connectivity index (χ1n) is 7.14. The third-order valence-electron chi connectivity index (χ3n) is 3.42. The highest BCUT2D eigenvalue weighted by atomic mass is 35.5. The number of aromatic nitrogens is 1. The van der Waals surface area contributed by atoms with Crippen molar-refractivity contribution in [3.05, 3.63) is 58.4 Å². The van der Waals surface area contributed by atoms with Crippen molar-refractivity contribution in [1.82, 2.24) is 4.98 Å². The van der Waals surface area contributed by atoms with E-state index in [-0.39, 0.29) is 10.8 Å². The van der Waals surface area contributed by atoms with Crippen molar-refractivity contribution in [3.8, 4) is 5.75 Å². The molecule has 1 unspecified atom stereocenters. The Hall–Kier alpha value is -2.08. The predicted molar refractivity (Wildman–Crippen MR) is 84.3 cm³/mol. The van der Waals surface area contributed by atoms with Gasteiger partial charge in [0.1, 0.15) is 5.75 Å². The summed E-state index contributed by atoms with van der Waals surface area (Å²) in [5.74, 6) is 0.452. The minimum atomic E-state index is -4.47. The van der Waals surface area contributed by atoms with Crippen LogP contribution in [-0.4, -0.2) is 16.9 Å². The minimum absolute atomic E-state index is 0.0321. The van der Waals surface area contributed by atoms with Gasteiger partial charge < -0.3 is 4.74 Å². The fraction of sp³-hybridized carbons (Fsp3) is 0.294. The zero-order chi connectivity index (χ0) is 17.9. The molecule has 0 saturated carbocycles. The van der Waals surface area contributed by atoms with Crippen LogP contribution in [0.15, 0.2) is 36.5 Å². The number of rotatable bonds is 5. The fourth-order valence-electron chi connectivity index (χ4n) is 1.92. The van der Waals surface area contributed by atoms with Crippen molar-refractivity contribution < 1.29 is 22.7 Å². The van der Waals surface area contributed by atoms with Gasteiger partial charge in [-0.15, -0.1) is 0 Å². The number of pyridine rings is 1. The average molecular weight is 358 g/mol. The van der Waals surface area contributed by atoms with Gasteiger partial charge in [-0.2, -0.15) is 13.2 Å². The van der Waals surface area contributed by atoms with Crippen molar-refractivity contribution in [1.29, 1.82) is 0 Å². The van der Waals surface area contributed by atoms with Crippen LogP contribution in [0.1, 0.15) is 30.7 Å². The van der Waals surface area contributed by atoms with Gasteiger partial charge in [-0.1, -0.05) is 23.7 Å². The molecule has 0 radical (unpaired) electrons. The van der Waals surface area contributed by atoms with Crippen LogP contribution < -0.4 is 4.74 Å². The Morgan fingerprint density at radius 1 is 1.29 bits per heavy atom. The van der Waals surface area contributed by atoms with E-state index >= 15 is 0 Å². The number of hydrogen-bond donors (Lipinski definition) is 0. The number of benzene rings is 1. The highest BCUT2D eigenvalue weighted by Crippen LogP contribution is 2.31. The van der Waals surface area contributed by atoms with Crippen LogP contribution in [0.25, 0.3) is 0 Å². The van der Waals surface area contributed by atoms with Crippen molar-refractivity contribution in [2.75, 3.05) is 0 Å². The molecule has 1 aromatic heterocycles. The van der Waals surface area contributed by atoms with E-state index in [0.717, 1.165) is 17.8 Å². The smallest absolute Gasteiger partial charge is 0.417 e. The second kappa shape index (κ2) is 7.21. The van der Waals surface area contributed by atoms with E-state index in [9.17, 15) is 18.0 Å². The molecule has 0 N–H and O–H groups in total. The third kappa shape index (κ3) is 4.71. The normalized spacial score (nSPS) is 12.8. The summed E-state index contributed by atoms with van der Waals surface area (Å²) in [6, 6.07) is 7.74. The predicted octanol–water partition coefficient (Wildman–Crippen LogP) is 4.70. The van der Waals surface area contributed by atoms with Crippen LogP contribution in [0.5, 0.6) is 5.75 Å². The first kappa shape index (κ1) is 18.3. The summed E-state index contributed by atoms with van der Waals surface area (Å²) in [6.07, 6.45) is -3.95. The van der Waals surface area contributed by atoms with Gasteiger partial charge in [0, 0.05) is 12.6 Å². The molecule has 0 fully saturated rings. The number of halogens is 4. The molecule has 0 spiro atoms. The van der Waals surface area contributed by atoms with Gasteiger partial charge >= 0.3 is 6.18 Å². The molecule has 1 atom stereocenters. The van der Waals surface area contributed by atoms with Crippen molar-refractivity contribution in [3.63, 3.8) is 0 Å². The van der Waals surface area contributed by atoms with E-state index in [1.807, 2.05) is 0 Å². The Kier molecular flexibility index (Phi) is 5.49. The molecule has 3 nitrogen and oxygen atoms in total. The molecular formula is C17H15ClF3NO2. The van der Waals surface area contributed by atoms with Crippen LogP contribution in [0.4, 0.5) is 13.2 Å². The lowest BCUT2D eigenvalue weighted by Gasteiger charge is -2.12. The second-order valence-corrected chi connectivity index (χ2v) is 5.75. The van der Waals surface area contributed by atoms with Gasteiger partial charge in [0.2, 0.25) is 0 Å². The molecular weight excluding hydrogens is 343 g/mol. The Bertz CT molecular complexity index is 730. The first-order chi connectivity index (χ1) is 11.2. The molecule has 7 heteroatoms. The van der Waals surface area contributed by atoms with Gasteiger partial charge in [0.15, 0.2) is 11.9 Å². The van der Waals surface area contributed by atoms with Gasteiger partial charge in [0.05, 0.1) is 16.3 Å². The number of ketones is 1. The van der Waals surface area contributed by atoms with E-state index in [4.69, 9.17) is 16.3 Å². The van der Waals surface area contributed by atoms with Crippen LogP contribution in [0, 0.1) is 0 Å². The summed E-state index contributed by atoms with van der Waals surface area (Å²) in [7, 11) is 0. The maximum absolute atomic E-state index is 12.6. The molecule has 128 valence electrons. The van der Waals surface area contributed by atoms with E-state index in [1.54, 1.807) is 31.2 Å². The Labute approximate surface area is 142 Å². The first-order valence-corrected chi connectivity index (χ1v) is 7.52. The number of Topliss-reactive ketones (excluding diaryl/α,β-unsaturated/α-hetero) is 1. The molecule has 0 amide bonds. The molecule has 2 aromatic rings. The number of carbonyl (C=O) groups excluding carboxylic acids is 1. The Morgan fingerprint density at radius 3 is 2.42 bits per heavy atom. The Morgan fingerprint density at radius 2 is 1.92 bits per heavy atom. The lowest BCUT2D eigenvalue weighted by atomic mass is 10.1. The summed E-state index contributed by atoms with van der Waals surface area (Å²) in [5.41, 5.74) is 0.292. The monoisotopic (exact) mass is 357 g/mol. The highest BCUT2D eigenvalue weighted by molar-refractivity contribution is 6.31. The van der Waals surface area contributed by atoms with Crippen molar-refractivity contribution in [2.45, 2.75) is 32.5 Å². The van der Waals surface area contributed by atoms with Crippen LogP contribution in [0.2, 0.25) is 5.02 Å². The van der Waals surface area contributed by atoms with E-state index in [2.05, 4.69) is 4.98 Å².